The van der Waals surface area contributed by atoms with Gasteiger partial charge in [-0.25, -0.2) is 19.2 Å². The van der Waals surface area contributed by atoms with Crippen molar-refractivity contribution in [3.05, 3.63) is 42.6 Å². The second kappa shape index (κ2) is 8.58. The van der Waals surface area contributed by atoms with Crippen molar-refractivity contribution in [2.75, 3.05) is 19.8 Å². The highest BCUT2D eigenvalue weighted by Gasteiger charge is 2.46. The van der Waals surface area contributed by atoms with Crippen molar-refractivity contribution in [3.63, 3.8) is 0 Å². The molecule has 1 aromatic rings. The molecule has 10 nitrogen and oxygen atoms in total. The first-order valence-corrected chi connectivity index (χ1v) is 7.84. The zero-order chi connectivity index (χ0) is 19.2. The molecule has 0 unspecified atom stereocenters. The molecule has 1 heterocycles. The van der Waals surface area contributed by atoms with Gasteiger partial charge in [0.05, 0.1) is 6.61 Å². The number of carbonyl (C=O) groups excluding carboxylic acids is 1. The van der Waals surface area contributed by atoms with Gasteiger partial charge in [0.2, 0.25) is 0 Å². The van der Waals surface area contributed by atoms with Gasteiger partial charge in [-0.3, -0.25) is 9.97 Å². The topological polar surface area (TPSA) is 132 Å². The second-order valence-electron chi connectivity index (χ2n) is 5.07. The molecule has 2 N–H and O–H groups in total. The van der Waals surface area contributed by atoms with Crippen LogP contribution in [-0.4, -0.2) is 40.3 Å². The van der Waals surface area contributed by atoms with E-state index in [2.05, 4.69) is 0 Å². The van der Waals surface area contributed by atoms with Crippen LogP contribution in [0.5, 0.6) is 0 Å². The standard InChI is InChI=1S/C15H23N3O7/c1-6-23-11(19)10(9(4)5)15(24-7-2,25-8-3)18-13(21)16-12(20)17-14(18)22/h6-8H2,1-5H3,(H2,16,17,20,21,22). The van der Waals surface area contributed by atoms with E-state index in [-0.39, 0.29) is 25.4 Å². The fraction of sp³-hybridized carbons (Fsp3) is 0.600. The molecule has 0 fully saturated rings. The third kappa shape index (κ3) is 4.15. The third-order valence-electron chi connectivity index (χ3n) is 3.12. The highest BCUT2D eigenvalue weighted by atomic mass is 16.7. The van der Waals surface area contributed by atoms with Crippen molar-refractivity contribution in [1.82, 2.24) is 14.5 Å². The van der Waals surface area contributed by atoms with E-state index in [9.17, 15) is 19.2 Å². The lowest BCUT2D eigenvalue weighted by Gasteiger charge is -2.34. The number of ether oxygens (including phenoxy) is 3. The predicted octanol–water partition coefficient (Wildman–Crippen LogP) is -0.192. The van der Waals surface area contributed by atoms with Crippen molar-refractivity contribution in [2.45, 2.75) is 40.5 Å². The molecule has 0 spiro atoms. The maximum atomic E-state index is 12.5. The van der Waals surface area contributed by atoms with Crippen molar-refractivity contribution in [2.24, 2.45) is 0 Å². The van der Waals surface area contributed by atoms with Gasteiger partial charge in [0.1, 0.15) is 5.57 Å². The number of rotatable bonds is 8. The van der Waals surface area contributed by atoms with Crippen molar-refractivity contribution in [3.8, 4) is 0 Å². The highest BCUT2D eigenvalue weighted by Crippen LogP contribution is 2.30. The summed E-state index contributed by atoms with van der Waals surface area (Å²) < 4.78 is 16.7. The largest absolute Gasteiger partial charge is 0.462 e. The van der Waals surface area contributed by atoms with Gasteiger partial charge >= 0.3 is 23.0 Å². The van der Waals surface area contributed by atoms with Gasteiger partial charge in [-0.15, -0.1) is 0 Å². The SMILES string of the molecule is CCOC(=O)C(=C(C)C)C(OCC)(OCC)n1c(=O)[nH]c(=O)[nH]c1=O. The lowest BCUT2D eigenvalue weighted by atomic mass is 10.1. The number of esters is 1. The number of nitrogens with one attached hydrogen (secondary N) is 2. The molecule has 0 aliphatic heterocycles. The molecule has 25 heavy (non-hydrogen) atoms. The number of hydrogen-bond acceptors (Lipinski definition) is 7. The molecule has 140 valence electrons. The first-order chi connectivity index (χ1) is 11.7. The summed E-state index contributed by atoms with van der Waals surface area (Å²) in [5.74, 6) is -2.98. The van der Waals surface area contributed by atoms with Gasteiger partial charge in [0, 0.05) is 13.2 Å². The molecule has 0 saturated heterocycles. The molecule has 0 aliphatic rings. The number of carbonyl (C=O) groups is 1. The van der Waals surface area contributed by atoms with Gasteiger partial charge in [0.15, 0.2) is 0 Å². The first-order valence-electron chi connectivity index (χ1n) is 7.84. The Hall–Kier alpha value is -2.46. The Kier molecular flexibility index (Phi) is 7.07. The fourth-order valence-corrected chi connectivity index (χ4v) is 2.37. The number of hydrogen-bond donors (Lipinski definition) is 2. The highest BCUT2D eigenvalue weighted by molar-refractivity contribution is 5.90. The van der Waals surface area contributed by atoms with Crippen molar-refractivity contribution in [1.29, 1.82) is 0 Å². The van der Waals surface area contributed by atoms with Crippen LogP contribution in [-0.2, 0) is 24.9 Å². The van der Waals surface area contributed by atoms with E-state index in [0.717, 1.165) is 0 Å². The number of aromatic amines is 2. The van der Waals surface area contributed by atoms with Crippen LogP contribution in [0.2, 0.25) is 0 Å². The van der Waals surface area contributed by atoms with E-state index >= 15 is 0 Å². The Labute approximate surface area is 143 Å². The zero-order valence-electron chi connectivity index (χ0n) is 14.9. The number of aromatic nitrogens is 3. The predicted molar refractivity (Wildman–Crippen MR) is 88.2 cm³/mol. The summed E-state index contributed by atoms with van der Waals surface area (Å²) in [4.78, 5) is 52.3. The summed E-state index contributed by atoms with van der Waals surface area (Å²) in [6.45, 7) is 8.07. The van der Waals surface area contributed by atoms with E-state index in [4.69, 9.17) is 14.2 Å². The smallest absolute Gasteiger partial charge is 0.341 e. The van der Waals surface area contributed by atoms with E-state index in [1.54, 1.807) is 34.6 Å². The second-order valence-corrected chi connectivity index (χ2v) is 5.07. The van der Waals surface area contributed by atoms with Gasteiger partial charge in [-0.2, -0.15) is 4.57 Å². The Morgan fingerprint density at radius 2 is 1.44 bits per heavy atom. The molecular weight excluding hydrogens is 334 g/mol. The van der Waals surface area contributed by atoms with Crippen LogP contribution < -0.4 is 17.1 Å². The molecule has 10 heteroatoms. The summed E-state index contributed by atoms with van der Waals surface area (Å²) in [6.07, 6.45) is 0. The molecule has 0 amide bonds. The van der Waals surface area contributed by atoms with Gasteiger partial charge in [-0.1, -0.05) is 5.57 Å². The third-order valence-corrected chi connectivity index (χ3v) is 3.12. The lowest BCUT2D eigenvalue weighted by Crippen LogP contribution is -2.58. The maximum Gasteiger partial charge on any atom is 0.341 e. The summed E-state index contributed by atoms with van der Waals surface area (Å²) in [6, 6.07) is 0. The van der Waals surface area contributed by atoms with Crippen LogP contribution >= 0.6 is 0 Å². The molecule has 1 rings (SSSR count). The maximum absolute atomic E-state index is 12.5. The van der Waals surface area contributed by atoms with Gasteiger partial charge < -0.3 is 14.2 Å². The molecule has 0 radical (unpaired) electrons. The summed E-state index contributed by atoms with van der Waals surface area (Å²) >= 11 is 0. The average Bonchev–Trinajstić information content (AvgIpc) is 2.46. The van der Waals surface area contributed by atoms with Gasteiger partial charge in [-0.05, 0) is 34.6 Å². The monoisotopic (exact) mass is 357 g/mol. The Morgan fingerprint density at radius 3 is 1.80 bits per heavy atom. The van der Waals surface area contributed by atoms with Crippen LogP contribution in [0.3, 0.4) is 0 Å². The average molecular weight is 357 g/mol. The fourth-order valence-electron chi connectivity index (χ4n) is 2.37. The molecule has 0 atom stereocenters. The zero-order valence-corrected chi connectivity index (χ0v) is 14.9. The molecular formula is C15H23N3O7. The summed E-state index contributed by atoms with van der Waals surface area (Å²) in [7, 11) is 0. The van der Waals surface area contributed by atoms with E-state index in [1.165, 1.54) is 0 Å². The van der Waals surface area contributed by atoms with E-state index in [1.807, 2.05) is 9.97 Å². The minimum atomic E-state index is -2.18. The van der Waals surface area contributed by atoms with Gasteiger partial charge in [0.25, 0.3) is 5.91 Å². The Bertz CT molecular complexity index is 771. The number of nitrogens with zero attached hydrogens (tertiary/aromatic N) is 1. The molecule has 0 bridgehead atoms. The molecule has 0 aromatic carbocycles. The Morgan fingerprint density at radius 1 is 0.960 bits per heavy atom. The first kappa shape index (κ1) is 20.6. The van der Waals surface area contributed by atoms with Crippen molar-refractivity contribution < 1.29 is 19.0 Å². The van der Waals surface area contributed by atoms with Crippen LogP contribution in [0.15, 0.2) is 25.5 Å². The molecule has 0 saturated carbocycles. The molecule has 0 aliphatic carbocycles. The van der Waals surface area contributed by atoms with Crippen LogP contribution in [0, 0.1) is 0 Å². The lowest BCUT2D eigenvalue weighted by molar-refractivity contribution is -0.269. The Balaban J connectivity index is 3.93. The van der Waals surface area contributed by atoms with Crippen LogP contribution in [0.1, 0.15) is 34.6 Å². The molecule has 1 aromatic heterocycles. The quantitative estimate of drug-likeness (QED) is 0.374. The number of H-pyrrole nitrogens is 2. The van der Waals surface area contributed by atoms with Crippen LogP contribution in [0.25, 0.3) is 0 Å². The normalized spacial score (nSPS) is 11.2. The summed E-state index contributed by atoms with van der Waals surface area (Å²) in [5.41, 5.74) is -2.89. The summed E-state index contributed by atoms with van der Waals surface area (Å²) in [5, 5.41) is 0. The minimum Gasteiger partial charge on any atom is -0.462 e. The minimum absolute atomic E-state index is 0.00118. The van der Waals surface area contributed by atoms with E-state index < -0.39 is 28.9 Å². The van der Waals surface area contributed by atoms with Crippen LogP contribution in [0.4, 0.5) is 0 Å². The van der Waals surface area contributed by atoms with Crippen molar-refractivity contribution >= 4 is 5.97 Å². The number of allylic oxidation sites excluding steroid dienone is 1. The van der Waals surface area contributed by atoms with E-state index in [0.29, 0.717) is 10.1 Å².